The van der Waals surface area contributed by atoms with Crippen molar-refractivity contribution < 1.29 is 9.53 Å². The molecule has 2 aromatic rings. The van der Waals surface area contributed by atoms with Gasteiger partial charge in [0.2, 0.25) is 0 Å². The molecule has 3 atom stereocenters. The van der Waals surface area contributed by atoms with Crippen LogP contribution >= 0.6 is 0 Å². The summed E-state index contributed by atoms with van der Waals surface area (Å²) in [5, 5.41) is 0. The Balaban J connectivity index is 1.88. The number of hydrogen-bond donors (Lipinski definition) is 0. The number of carbonyl (C=O) groups is 1. The van der Waals surface area contributed by atoms with E-state index in [2.05, 4.69) is 51.1 Å². The van der Waals surface area contributed by atoms with Crippen LogP contribution < -0.4 is 0 Å². The van der Waals surface area contributed by atoms with Crippen LogP contribution in [0.2, 0.25) is 0 Å². The predicted octanol–water partition coefficient (Wildman–Crippen LogP) is 4.63. The standard InChI is InChI=1S/C22H25NO2/c1-13(2)12-25-21-16-8-6-5-7-15(16)20-19(21)18-11-14(3)9-10-17(18)22(24)23(20)4/h5-11,13,19-21H,12H2,1-4H3. The van der Waals surface area contributed by atoms with Crippen LogP contribution in [0, 0.1) is 12.8 Å². The van der Waals surface area contributed by atoms with Gasteiger partial charge >= 0.3 is 0 Å². The van der Waals surface area contributed by atoms with E-state index >= 15 is 0 Å². The first kappa shape index (κ1) is 16.3. The minimum atomic E-state index is -0.000278. The first-order valence-electron chi connectivity index (χ1n) is 9.07. The van der Waals surface area contributed by atoms with Crippen molar-refractivity contribution in [3.8, 4) is 0 Å². The highest BCUT2D eigenvalue weighted by atomic mass is 16.5. The number of hydrogen-bond acceptors (Lipinski definition) is 2. The molecular formula is C22H25NO2. The summed E-state index contributed by atoms with van der Waals surface area (Å²) in [6.07, 6.45) is -0.000278. The van der Waals surface area contributed by atoms with Gasteiger partial charge in [-0.2, -0.15) is 0 Å². The Morgan fingerprint density at radius 2 is 1.80 bits per heavy atom. The van der Waals surface area contributed by atoms with Crippen LogP contribution in [0.15, 0.2) is 42.5 Å². The maximum atomic E-state index is 12.9. The van der Waals surface area contributed by atoms with E-state index in [0.717, 1.165) is 17.7 Å². The van der Waals surface area contributed by atoms with Crippen LogP contribution in [0.3, 0.4) is 0 Å². The third kappa shape index (κ3) is 2.49. The van der Waals surface area contributed by atoms with E-state index < -0.39 is 0 Å². The van der Waals surface area contributed by atoms with Gasteiger partial charge in [0.1, 0.15) is 0 Å². The van der Waals surface area contributed by atoms with Crippen LogP contribution in [0.1, 0.15) is 64.5 Å². The molecule has 0 spiro atoms. The molecule has 0 saturated heterocycles. The van der Waals surface area contributed by atoms with Crippen molar-refractivity contribution in [2.75, 3.05) is 13.7 Å². The summed E-state index contributed by atoms with van der Waals surface area (Å²) in [5.74, 6) is 0.746. The van der Waals surface area contributed by atoms with Gasteiger partial charge in [-0.1, -0.05) is 55.8 Å². The van der Waals surface area contributed by atoms with E-state index in [9.17, 15) is 4.79 Å². The zero-order valence-corrected chi connectivity index (χ0v) is 15.3. The van der Waals surface area contributed by atoms with Crippen molar-refractivity contribution in [3.63, 3.8) is 0 Å². The van der Waals surface area contributed by atoms with E-state index in [1.165, 1.54) is 16.7 Å². The van der Waals surface area contributed by atoms with E-state index in [4.69, 9.17) is 4.74 Å². The minimum Gasteiger partial charge on any atom is -0.373 e. The second kappa shape index (κ2) is 5.99. The molecule has 2 aromatic carbocycles. The Morgan fingerprint density at radius 3 is 2.52 bits per heavy atom. The molecule has 1 aliphatic carbocycles. The molecule has 1 heterocycles. The van der Waals surface area contributed by atoms with Gasteiger partial charge in [-0.05, 0) is 35.6 Å². The number of amides is 1. The van der Waals surface area contributed by atoms with E-state index in [-0.39, 0.29) is 24.0 Å². The van der Waals surface area contributed by atoms with Gasteiger partial charge < -0.3 is 9.64 Å². The normalized spacial score (nSPS) is 24.3. The van der Waals surface area contributed by atoms with Gasteiger partial charge in [-0.3, -0.25) is 4.79 Å². The van der Waals surface area contributed by atoms with Crippen LogP contribution in [0.25, 0.3) is 0 Å². The number of carbonyl (C=O) groups excluding carboxylic acids is 1. The molecule has 25 heavy (non-hydrogen) atoms. The Morgan fingerprint density at radius 1 is 1.08 bits per heavy atom. The Bertz CT molecular complexity index is 827. The van der Waals surface area contributed by atoms with Crippen LogP contribution in [0.5, 0.6) is 0 Å². The zero-order valence-electron chi connectivity index (χ0n) is 15.3. The molecule has 130 valence electrons. The molecule has 1 amide bonds. The topological polar surface area (TPSA) is 29.5 Å². The second-order valence-corrected chi connectivity index (χ2v) is 7.75. The first-order valence-corrected chi connectivity index (χ1v) is 9.07. The number of likely N-dealkylation sites (N-methyl/N-ethyl adjacent to an activating group) is 1. The lowest BCUT2D eigenvalue weighted by Gasteiger charge is -2.38. The van der Waals surface area contributed by atoms with E-state index in [1.54, 1.807) is 0 Å². The summed E-state index contributed by atoms with van der Waals surface area (Å²) in [7, 11) is 1.92. The fraction of sp³-hybridized carbons (Fsp3) is 0.409. The molecule has 0 bridgehead atoms. The van der Waals surface area contributed by atoms with Crippen molar-refractivity contribution in [1.29, 1.82) is 0 Å². The summed E-state index contributed by atoms with van der Waals surface area (Å²) >= 11 is 0. The highest BCUT2D eigenvalue weighted by molar-refractivity contribution is 5.98. The lowest BCUT2D eigenvalue weighted by molar-refractivity contribution is 0.00581. The Labute approximate surface area is 149 Å². The maximum Gasteiger partial charge on any atom is 0.254 e. The highest BCUT2D eigenvalue weighted by Crippen LogP contribution is 2.56. The number of rotatable bonds is 3. The van der Waals surface area contributed by atoms with Crippen molar-refractivity contribution in [2.45, 2.75) is 38.8 Å². The SMILES string of the molecule is Cc1ccc2c(c1)C1C(OCC(C)C)c3ccccc3C1N(C)C2=O. The molecule has 3 unspecified atom stereocenters. The molecule has 4 rings (SSSR count). The van der Waals surface area contributed by atoms with Crippen molar-refractivity contribution in [3.05, 3.63) is 70.3 Å². The van der Waals surface area contributed by atoms with Gasteiger partial charge in [-0.15, -0.1) is 0 Å². The Kier molecular flexibility index (Phi) is 3.92. The molecule has 1 aliphatic heterocycles. The minimum absolute atomic E-state index is 0.000278. The monoisotopic (exact) mass is 335 g/mol. The van der Waals surface area contributed by atoms with Gasteiger partial charge in [0.15, 0.2) is 0 Å². The summed E-state index contributed by atoms with van der Waals surface area (Å²) in [5.41, 5.74) is 5.60. The number of nitrogens with zero attached hydrogens (tertiary/aromatic N) is 1. The first-order chi connectivity index (χ1) is 12.0. The molecule has 3 nitrogen and oxygen atoms in total. The molecule has 0 fully saturated rings. The van der Waals surface area contributed by atoms with Gasteiger partial charge in [-0.25, -0.2) is 0 Å². The average molecular weight is 335 g/mol. The number of fused-ring (bicyclic) bond motifs is 5. The highest BCUT2D eigenvalue weighted by Gasteiger charge is 2.49. The summed E-state index contributed by atoms with van der Waals surface area (Å²) in [6.45, 7) is 7.16. The van der Waals surface area contributed by atoms with Gasteiger partial charge in [0, 0.05) is 25.1 Å². The molecule has 2 aliphatic rings. The molecule has 0 N–H and O–H groups in total. The summed E-state index contributed by atoms with van der Waals surface area (Å²) in [6, 6.07) is 14.7. The summed E-state index contributed by atoms with van der Waals surface area (Å²) in [4.78, 5) is 14.8. The van der Waals surface area contributed by atoms with Crippen LogP contribution in [-0.2, 0) is 4.74 Å². The zero-order chi connectivity index (χ0) is 17.7. The molecule has 3 heteroatoms. The number of aryl methyl sites for hydroxylation is 1. The van der Waals surface area contributed by atoms with Gasteiger partial charge in [0.25, 0.3) is 5.91 Å². The van der Waals surface area contributed by atoms with Gasteiger partial charge in [0.05, 0.1) is 12.1 Å². The van der Waals surface area contributed by atoms with Crippen molar-refractivity contribution in [1.82, 2.24) is 4.90 Å². The quantitative estimate of drug-likeness (QED) is 0.818. The van der Waals surface area contributed by atoms with E-state index in [0.29, 0.717) is 5.92 Å². The van der Waals surface area contributed by atoms with Crippen LogP contribution in [0.4, 0.5) is 0 Å². The fourth-order valence-corrected chi connectivity index (χ4v) is 4.33. The number of benzene rings is 2. The third-order valence-electron chi connectivity index (χ3n) is 5.43. The smallest absolute Gasteiger partial charge is 0.254 e. The predicted molar refractivity (Wildman–Crippen MR) is 98.7 cm³/mol. The third-order valence-corrected chi connectivity index (χ3v) is 5.43. The fourth-order valence-electron chi connectivity index (χ4n) is 4.33. The molecular weight excluding hydrogens is 310 g/mol. The second-order valence-electron chi connectivity index (χ2n) is 7.75. The molecule has 0 aromatic heterocycles. The van der Waals surface area contributed by atoms with Crippen LogP contribution in [-0.4, -0.2) is 24.5 Å². The largest absolute Gasteiger partial charge is 0.373 e. The summed E-state index contributed by atoms with van der Waals surface area (Å²) < 4.78 is 6.40. The molecule has 0 radical (unpaired) electrons. The van der Waals surface area contributed by atoms with Crippen molar-refractivity contribution in [2.24, 2.45) is 5.92 Å². The van der Waals surface area contributed by atoms with E-state index in [1.807, 2.05) is 24.1 Å². The molecule has 0 saturated carbocycles. The lowest BCUT2D eigenvalue weighted by Crippen LogP contribution is -2.39. The maximum absolute atomic E-state index is 12.9. The van der Waals surface area contributed by atoms with Crippen molar-refractivity contribution >= 4 is 5.91 Å². The lowest BCUT2D eigenvalue weighted by atomic mass is 9.82. The average Bonchev–Trinajstić information content (AvgIpc) is 2.92. The number of ether oxygens (including phenoxy) is 1. The Hall–Kier alpha value is -2.13.